The summed E-state index contributed by atoms with van der Waals surface area (Å²) in [5.74, 6) is 1.78. The fourth-order valence-electron chi connectivity index (χ4n) is 3.58. The van der Waals surface area contributed by atoms with Crippen molar-refractivity contribution in [1.82, 2.24) is 4.90 Å². The Morgan fingerprint density at radius 2 is 1.75 bits per heavy atom. The van der Waals surface area contributed by atoms with Crippen molar-refractivity contribution in [3.05, 3.63) is 35.4 Å². The lowest BCUT2D eigenvalue weighted by molar-refractivity contribution is 0.134. The predicted molar refractivity (Wildman–Crippen MR) is 84.8 cm³/mol. The van der Waals surface area contributed by atoms with Crippen LogP contribution in [-0.2, 0) is 0 Å². The van der Waals surface area contributed by atoms with E-state index in [9.17, 15) is 0 Å². The Balaban J connectivity index is 1.66. The second kappa shape index (κ2) is 6.28. The third kappa shape index (κ3) is 3.07. The smallest absolute Gasteiger partial charge is 0.0470 e. The van der Waals surface area contributed by atoms with E-state index in [1.54, 1.807) is 0 Å². The molecular formula is C18H28N2. The van der Waals surface area contributed by atoms with Crippen molar-refractivity contribution in [2.24, 2.45) is 11.7 Å². The highest BCUT2D eigenvalue weighted by molar-refractivity contribution is 5.30. The first kappa shape index (κ1) is 14.1. The fourth-order valence-corrected chi connectivity index (χ4v) is 3.58. The molecule has 1 aliphatic heterocycles. The minimum Gasteiger partial charge on any atom is -0.329 e. The van der Waals surface area contributed by atoms with Crippen molar-refractivity contribution in [3.63, 3.8) is 0 Å². The van der Waals surface area contributed by atoms with Gasteiger partial charge in [0.25, 0.3) is 0 Å². The predicted octanol–water partition coefficient (Wildman–Crippen LogP) is 3.69. The summed E-state index contributed by atoms with van der Waals surface area (Å²) in [4.78, 5) is 2.60. The molecular weight excluding hydrogens is 244 g/mol. The number of likely N-dealkylation sites (tertiary alicyclic amines) is 1. The molecule has 0 amide bonds. The standard InChI is InChI=1S/C18H28N2/c1-2-14-9-11-20(12-10-14)18(13-19)17-7-5-16(6-8-17)15-3-4-15/h5-8,14-15,18H,2-4,9-13,19H2,1H3. The summed E-state index contributed by atoms with van der Waals surface area (Å²) in [6.07, 6.45) is 6.77. The number of piperidine rings is 1. The van der Waals surface area contributed by atoms with Crippen molar-refractivity contribution >= 4 is 0 Å². The molecule has 0 bridgehead atoms. The lowest BCUT2D eigenvalue weighted by Gasteiger charge is -2.37. The maximum absolute atomic E-state index is 6.07. The Kier molecular flexibility index (Phi) is 4.42. The molecule has 1 atom stereocenters. The summed E-state index contributed by atoms with van der Waals surface area (Å²) in [6.45, 7) is 5.48. The SMILES string of the molecule is CCC1CCN(C(CN)c2ccc(C3CC3)cc2)CC1. The van der Waals surface area contributed by atoms with E-state index in [2.05, 4.69) is 36.1 Å². The summed E-state index contributed by atoms with van der Waals surface area (Å²) in [7, 11) is 0. The van der Waals surface area contributed by atoms with Gasteiger partial charge in [0.1, 0.15) is 0 Å². The molecule has 3 rings (SSSR count). The molecule has 1 saturated carbocycles. The van der Waals surface area contributed by atoms with Crippen molar-refractivity contribution in [1.29, 1.82) is 0 Å². The first-order valence-electron chi connectivity index (χ1n) is 8.35. The summed E-state index contributed by atoms with van der Waals surface area (Å²) < 4.78 is 0. The lowest BCUT2D eigenvalue weighted by Crippen LogP contribution is -2.39. The summed E-state index contributed by atoms with van der Waals surface area (Å²) in [6, 6.07) is 9.71. The molecule has 1 aliphatic carbocycles. The van der Waals surface area contributed by atoms with E-state index in [4.69, 9.17) is 5.73 Å². The van der Waals surface area contributed by atoms with Gasteiger partial charge in [0, 0.05) is 12.6 Å². The molecule has 1 aromatic rings. The molecule has 1 aromatic carbocycles. The van der Waals surface area contributed by atoms with Crippen LogP contribution in [-0.4, -0.2) is 24.5 Å². The highest BCUT2D eigenvalue weighted by Crippen LogP contribution is 2.40. The molecule has 2 aliphatic rings. The second-order valence-electron chi connectivity index (χ2n) is 6.58. The van der Waals surface area contributed by atoms with E-state index < -0.39 is 0 Å². The van der Waals surface area contributed by atoms with Gasteiger partial charge in [0.05, 0.1) is 0 Å². The van der Waals surface area contributed by atoms with Gasteiger partial charge in [0.15, 0.2) is 0 Å². The van der Waals surface area contributed by atoms with Crippen LogP contribution in [0.2, 0.25) is 0 Å². The highest BCUT2D eigenvalue weighted by atomic mass is 15.2. The fraction of sp³-hybridized carbons (Fsp3) is 0.667. The minimum atomic E-state index is 0.418. The molecule has 2 heteroatoms. The van der Waals surface area contributed by atoms with Crippen molar-refractivity contribution in [2.45, 2.75) is 51.0 Å². The van der Waals surface area contributed by atoms with Crippen LogP contribution in [0, 0.1) is 5.92 Å². The van der Waals surface area contributed by atoms with Crippen LogP contribution in [0.3, 0.4) is 0 Å². The van der Waals surface area contributed by atoms with Crippen LogP contribution >= 0.6 is 0 Å². The van der Waals surface area contributed by atoms with Gasteiger partial charge in [0.2, 0.25) is 0 Å². The van der Waals surface area contributed by atoms with Crippen LogP contribution in [0.5, 0.6) is 0 Å². The second-order valence-corrected chi connectivity index (χ2v) is 6.58. The van der Waals surface area contributed by atoms with E-state index in [0.29, 0.717) is 6.04 Å². The first-order valence-corrected chi connectivity index (χ1v) is 8.35. The molecule has 1 heterocycles. The third-order valence-electron chi connectivity index (χ3n) is 5.26. The van der Waals surface area contributed by atoms with E-state index in [1.807, 2.05) is 0 Å². The monoisotopic (exact) mass is 272 g/mol. The van der Waals surface area contributed by atoms with Crippen LogP contribution in [0.25, 0.3) is 0 Å². The largest absolute Gasteiger partial charge is 0.329 e. The van der Waals surface area contributed by atoms with E-state index in [1.165, 1.54) is 56.3 Å². The Bertz CT molecular complexity index is 414. The van der Waals surface area contributed by atoms with Crippen molar-refractivity contribution < 1.29 is 0 Å². The average Bonchev–Trinajstić information content (AvgIpc) is 3.34. The molecule has 0 aromatic heterocycles. The quantitative estimate of drug-likeness (QED) is 0.886. The summed E-state index contributed by atoms with van der Waals surface area (Å²) in [5.41, 5.74) is 9.00. The zero-order valence-corrected chi connectivity index (χ0v) is 12.7. The lowest BCUT2D eigenvalue weighted by atomic mass is 9.92. The van der Waals surface area contributed by atoms with Crippen LogP contribution in [0.1, 0.15) is 62.1 Å². The van der Waals surface area contributed by atoms with Gasteiger partial charge in [-0.05, 0) is 61.7 Å². The van der Waals surface area contributed by atoms with E-state index in [-0.39, 0.29) is 0 Å². The number of nitrogens with two attached hydrogens (primary N) is 1. The summed E-state index contributed by atoms with van der Waals surface area (Å²) >= 11 is 0. The van der Waals surface area contributed by atoms with Gasteiger partial charge in [-0.3, -0.25) is 4.90 Å². The Labute approximate surface area is 123 Å². The normalized spacial score (nSPS) is 22.9. The topological polar surface area (TPSA) is 29.3 Å². The average molecular weight is 272 g/mol. The number of nitrogens with zero attached hydrogens (tertiary/aromatic N) is 1. The molecule has 2 fully saturated rings. The Morgan fingerprint density at radius 3 is 2.25 bits per heavy atom. The van der Waals surface area contributed by atoms with Gasteiger partial charge in [-0.1, -0.05) is 37.6 Å². The molecule has 2 nitrogen and oxygen atoms in total. The molecule has 110 valence electrons. The Morgan fingerprint density at radius 1 is 1.10 bits per heavy atom. The maximum atomic E-state index is 6.07. The maximum Gasteiger partial charge on any atom is 0.0470 e. The molecule has 0 spiro atoms. The molecule has 0 radical (unpaired) electrons. The van der Waals surface area contributed by atoms with Crippen LogP contribution in [0.4, 0.5) is 0 Å². The zero-order chi connectivity index (χ0) is 13.9. The van der Waals surface area contributed by atoms with Gasteiger partial charge >= 0.3 is 0 Å². The number of hydrogen-bond acceptors (Lipinski definition) is 2. The van der Waals surface area contributed by atoms with Crippen molar-refractivity contribution in [2.75, 3.05) is 19.6 Å². The molecule has 1 unspecified atom stereocenters. The summed E-state index contributed by atoms with van der Waals surface area (Å²) in [5, 5.41) is 0. The highest BCUT2D eigenvalue weighted by Gasteiger charge is 2.26. The van der Waals surface area contributed by atoms with Crippen LogP contribution < -0.4 is 5.73 Å². The number of rotatable bonds is 5. The molecule has 20 heavy (non-hydrogen) atoms. The molecule has 2 N–H and O–H groups in total. The minimum absolute atomic E-state index is 0.418. The number of benzene rings is 1. The molecule has 1 saturated heterocycles. The zero-order valence-electron chi connectivity index (χ0n) is 12.7. The van der Waals surface area contributed by atoms with E-state index >= 15 is 0 Å². The third-order valence-corrected chi connectivity index (χ3v) is 5.26. The first-order chi connectivity index (χ1) is 9.81. The van der Waals surface area contributed by atoms with Gasteiger partial charge < -0.3 is 5.73 Å². The van der Waals surface area contributed by atoms with Crippen LogP contribution in [0.15, 0.2) is 24.3 Å². The van der Waals surface area contributed by atoms with E-state index in [0.717, 1.165) is 18.4 Å². The number of hydrogen-bond donors (Lipinski definition) is 1. The Hall–Kier alpha value is -0.860. The van der Waals surface area contributed by atoms with Gasteiger partial charge in [-0.25, -0.2) is 0 Å². The van der Waals surface area contributed by atoms with Gasteiger partial charge in [-0.2, -0.15) is 0 Å². The van der Waals surface area contributed by atoms with Gasteiger partial charge in [-0.15, -0.1) is 0 Å². The van der Waals surface area contributed by atoms with Crippen molar-refractivity contribution in [3.8, 4) is 0 Å².